The first-order chi connectivity index (χ1) is 9.51. The molecule has 0 radical (unpaired) electrons. The molecule has 0 unspecified atom stereocenters. The first-order valence-electron chi connectivity index (χ1n) is 6.12. The second-order valence-electron chi connectivity index (χ2n) is 4.37. The Labute approximate surface area is 117 Å². The van der Waals surface area contributed by atoms with Gasteiger partial charge in [-0.1, -0.05) is 18.2 Å². The number of aryl methyl sites for hydroxylation is 1. The van der Waals surface area contributed by atoms with E-state index >= 15 is 0 Å². The van der Waals surface area contributed by atoms with Crippen LogP contribution in [0.15, 0.2) is 53.4 Å². The highest BCUT2D eigenvalue weighted by molar-refractivity contribution is 7.91. The first kappa shape index (κ1) is 14.5. The normalized spacial score (nSPS) is 11.3. The van der Waals surface area contributed by atoms with Crippen molar-refractivity contribution in [2.75, 3.05) is 12.9 Å². The number of sulfone groups is 1. The van der Waals surface area contributed by atoms with Gasteiger partial charge in [0.15, 0.2) is 9.84 Å². The number of benzene rings is 2. The zero-order valence-corrected chi connectivity index (χ0v) is 11.9. The van der Waals surface area contributed by atoms with Crippen LogP contribution in [0.2, 0.25) is 0 Å². The van der Waals surface area contributed by atoms with Crippen molar-refractivity contribution in [2.45, 2.75) is 11.3 Å². The molecular weight excluding hydrogens is 279 g/mol. The summed E-state index contributed by atoms with van der Waals surface area (Å²) < 4.78 is 42.3. The van der Waals surface area contributed by atoms with Crippen molar-refractivity contribution in [3.05, 3.63) is 59.9 Å². The molecule has 5 heteroatoms. The van der Waals surface area contributed by atoms with Gasteiger partial charge in [-0.25, -0.2) is 12.8 Å². The molecule has 0 amide bonds. The zero-order chi connectivity index (χ0) is 14.6. The highest BCUT2D eigenvalue weighted by Crippen LogP contribution is 2.16. The second-order valence-corrected chi connectivity index (χ2v) is 6.48. The Bertz CT molecular complexity index is 679. The standard InChI is InChI=1S/C15H15FO3S/c1-19-14-7-5-12(6-8-14)9-10-20(17,18)15-4-2-3-13(16)11-15/h2-8,11H,9-10H2,1H3. The molecule has 0 saturated carbocycles. The Balaban J connectivity index is 2.09. The third kappa shape index (κ3) is 3.57. The van der Waals surface area contributed by atoms with Crippen LogP contribution in [0.25, 0.3) is 0 Å². The van der Waals surface area contributed by atoms with E-state index in [0.29, 0.717) is 6.42 Å². The molecule has 0 spiro atoms. The van der Waals surface area contributed by atoms with Crippen molar-refractivity contribution in [2.24, 2.45) is 0 Å². The molecule has 0 aliphatic carbocycles. The number of halogens is 1. The van der Waals surface area contributed by atoms with Crippen molar-refractivity contribution in [3.63, 3.8) is 0 Å². The van der Waals surface area contributed by atoms with E-state index in [4.69, 9.17) is 4.74 Å². The van der Waals surface area contributed by atoms with E-state index in [0.717, 1.165) is 17.4 Å². The van der Waals surface area contributed by atoms with E-state index in [2.05, 4.69) is 0 Å². The van der Waals surface area contributed by atoms with Crippen LogP contribution in [-0.2, 0) is 16.3 Å². The summed E-state index contributed by atoms with van der Waals surface area (Å²) in [4.78, 5) is 0.0195. The van der Waals surface area contributed by atoms with Gasteiger partial charge in [0.2, 0.25) is 0 Å². The lowest BCUT2D eigenvalue weighted by Crippen LogP contribution is -2.09. The van der Waals surface area contributed by atoms with Crippen molar-refractivity contribution in [1.82, 2.24) is 0 Å². The largest absolute Gasteiger partial charge is 0.497 e. The molecule has 2 aromatic rings. The molecule has 0 bridgehead atoms. The molecule has 0 saturated heterocycles. The van der Waals surface area contributed by atoms with Crippen LogP contribution in [0.3, 0.4) is 0 Å². The van der Waals surface area contributed by atoms with Gasteiger partial charge >= 0.3 is 0 Å². The summed E-state index contributed by atoms with van der Waals surface area (Å²) in [5.41, 5.74) is 0.894. The van der Waals surface area contributed by atoms with Gasteiger partial charge in [0, 0.05) is 0 Å². The smallest absolute Gasteiger partial charge is 0.178 e. The zero-order valence-electron chi connectivity index (χ0n) is 11.0. The van der Waals surface area contributed by atoms with Crippen molar-refractivity contribution in [1.29, 1.82) is 0 Å². The molecule has 0 aromatic heterocycles. The number of hydrogen-bond acceptors (Lipinski definition) is 3. The van der Waals surface area contributed by atoms with Gasteiger partial charge in [0.25, 0.3) is 0 Å². The van der Waals surface area contributed by atoms with Gasteiger partial charge in [0.1, 0.15) is 11.6 Å². The molecule has 0 fully saturated rings. The minimum atomic E-state index is -3.47. The van der Waals surface area contributed by atoms with Crippen LogP contribution in [-0.4, -0.2) is 21.3 Å². The summed E-state index contributed by atoms with van der Waals surface area (Å²) in [6.07, 6.45) is 0.378. The molecule has 2 aromatic carbocycles. The summed E-state index contributed by atoms with van der Waals surface area (Å²) in [5, 5.41) is 0. The first-order valence-corrected chi connectivity index (χ1v) is 7.78. The number of ether oxygens (including phenoxy) is 1. The maximum atomic E-state index is 13.1. The molecule has 0 N–H and O–H groups in total. The molecule has 106 valence electrons. The minimum absolute atomic E-state index is 0.0195. The summed E-state index contributed by atoms with van der Waals surface area (Å²) >= 11 is 0. The Kier molecular flexibility index (Phi) is 4.39. The quantitative estimate of drug-likeness (QED) is 0.851. The Hall–Kier alpha value is -1.88. The average Bonchev–Trinajstić information content (AvgIpc) is 2.46. The number of methoxy groups -OCH3 is 1. The summed E-state index contributed by atoms with van der Waals surface area (Å²) in [6.45, 7) is 0. The third-order valence-electron chi connectivity index (χ3n) is 2.97. The van der Waals surface area contributed by atoms with E-state index in [9.17, 15) is 12.8 Å². The number of hydrogen-bond donors (Lipinski definition) is 0. The van der Waals surface area contributed by atoms with Crippen LogP contribution >= 0.6 is 0 Å². The Morgan fingerprint density at radius 1 is 1.10 bits per heavy atom. The minimum Gasteiger partial charge on any atom is -0.497 e. The van der Waals surface area contributed by atoms with Crippen LogP contribution in [0.1, 0.15) is 5.56 Å². The van der Waals surface area contributed by atoms with E-state index in [1.807, 2.05) is 12.1 Å². The maximum Gasteiger partial charge on any atom is 0.178 e. The van der Waals surface area contributed by atoms with Crippen molar-refractivity contribution < 1.29 is 17.5 Å². The highest BCUT2D eigenvalue weighted by atomic mass is 32.2. The Morgan fingerprint density at radius 2 is 1.80 bits per heavy atom. The SMILES string of the molecule is COc1ccc(CCS(=O)(=O)c2cccc(F)c2)cc1. The van der Waals surface area contributed by atoms with Crippen LogP contribution in [0.5, 0.6) is 5.75 Å². The molecule has 0 atom stereocenters. The molecule has 3 nitrogen and oxygen atoms in total. The van der Waals surface area contributed by atoms with Crippen molar-refractivity contribution in [3.8, 4) is 5.75 Å². The monoisotopic (exact) mass is 294 g/mol. The molecule has 0 aliphatic heterocycles. The van der Waals surface area contributed by atoms with Crippen LogP contribution in [0, 0.1) is 5.82 Å². The summed E-state index contributed by atoms with van der Waals surface area (Å²) in [6, 6.07) is 12.3. The lowest BCUT2D eigenvalue weighted by Gasteiger charge is -2.06. The number of rotatable bonds is 5. The summed E-state index contributed by atoms with van der Waals surface area (Å²) in [5.74, 6) is 0.125. The fraction of sp³-hybridized carbons (Fsp3) is 0.200. The molecule has 2 rings (SSSR count). The fourth-order valence-electron chi connectivity index (χ4n) is 1.82. The van der Waals surface area contributed by atoms with Gasteiger partial charge in [0.05, 0.1) is 17.8 Å². The lowest BCUT2D eigenvalue weighted by atomic mass is 10.2. The summed E-state index contributed by atoms with van der Waals surface area (Å²) in [7, 11) is -1.90. The van der Waals surface area contributed by atoms with Gasteiger partial charge < -0.3 is 4.74 Å². The molecule has 0 aliphatic rings. The topological polar surface area (TPSA) is 43.4 Å². The molecule has 0 heterocycles. The van der Waals surface area contributed by atoms with E-state index in [1.165, 1.54) is 18.2 Å². The molecule has 20 heavy (non-hydrogen) atoms. The molecular formula is C15H15FO3S. The highest BCUT2D eigenvalue weighted by Gasteiger charge is 2.15. The predicted octanol–water partition coefficient (Wildman–Crippen LogP) is 2.85. The van der Waals surface area contributed by atoms with Crippen LogP contribution in [0.4, 0.5) is 4.39 Å². The van der Waals surface area contributed by atoms with E-state index in [-0.39, 0.29) is 10.6 Å². The van der Waals surface area contributed by atoms with Gasteiger partial charge in [-0.3, -0.25) is 0 Å². The maximum absolute atomic E-state index is 13.1. The van der Waals surface area contributed by atoms with Crippen LogP contribution < -0.4 is 4.74 Å². The van der Waals surface area contributed by atoms with Gasteiger partial charge in [-0.05, 0) is 42.3 Å². The third-order valence-corrected chi connectivity index (χ3v) is 4.69. The van der Waals surface area contributed by atoms with E-state index < -0.39 is 15.7 Å². The Morgan fingerprint density at radius 3 is 2.40 bits per heavy atom. The van der Waals surface area contributed by atoms with Gasteiger partial charge in [-0.2, -0.15) is 0 Å². The average molecular weight is 294 g/mol. The second kappa shape index (κ2) is 6.05. The van der Waals surface area contributed by atoms with E-state index in [1.54, 1.807) is 19.2 Å². The fourth-order valence-corrected chi connectivity index (χ4v) is 3.14. The predicted molar refractivity (Wildman–Crippen MR) is 75.2 cm³/mol. The lowest BCUT2D eigenvalue weighted by molar-refractivity contribution is 0.414. The van der Waals surface area contributed by atoms with Gasteiger partial charge in [-0.15, -0.1) is 0 Å². The van der Waals surface area contributed by atoms with Crippen molar-refractivity contribution >= 4 is 9.84 Å².